The zero-order valence-electron chi connectivity index (χ0n) is 25.1. The van der Waals surface area contributed by atoms with Crippen molar-refractivity contribution in [1.82, 2.24) is 30.2 Å². The zero-order valence-corrected chi connectivity index (χ0v) is 25.8. The highest BCUT2D eigenvalue weighted by atomic mass is 35.5. The molecule has 228 valence electrons. The Kier molecular flexibility index (Phi) is 9.48. The fourth-order valence-electron chi connectivity index (χ4n) is 5.27. The second-order valence-electron chi connectivity index (χ2n) is 10.8. The summed E-state index contributed by atoms with van der Waals surface area (Å²) < 4.78 is 2.18. The van der Waals surface area contributed by atoms with E-state index in [9.17, 15) is 15.2 Å². The molecular formula is C32H36ClN8O3+. The highest BCUT2D eigenvalue weighted by molar-refractivity contribution is 6.33. The van der Waals surface area contributed by atoms with Crippen LogP contribution in [0.5, 0.6) is 0 Å². The number of aromatic amines is 1. The van der Waals surface area contributed by atoms with Crippen molar-refractivity contribution in [3.8, 4) is 22.5 Å². The zero-order chi connectivity index (χ0) is 31.3. The van der Waals surface area contributed by atoms with Crippen LogP contribution in [0.25, 0.3) is 22.5 Å². The van der Waals surface area contributed by atoms with E-state index in [-0.39, 0.29) is 27.7 Å². The number of carbonyl (C=O) groups is 1. The number of rotatable bonds is 13. The molecule has 0 aliphatic rings. The second kappa shape index (κ2) is 13.5. The first-order chi connectivity index (χ1) is 21.3. The lowest BCUT2D eigenvalue weighted by Gasteiger charge is -2.27. The summed E-state index contributed by atoms with van der Waals surface area (Å²) in [5.41, 5.74) is 4.53. The average Bonchev–Trinajstić information content (AvgIpc) is 3.68. The predicted octanol–water partition coefficient (Wildman–Crippen LogP) is 5.38. The maximum Gasteiger partial charge on any atom is 0.277 e. The summed E-state index contributed by atoms with van der Waals surface area (Å²) in [7, 11) is 0. The van der Waals surface area contributed by atoms with Gasteiger partial charge in [-0.25, -0.2) is 15.3 Å². The van der Waals surface area contributed by atoms with Gasteiger partial charge in [-0.15, -0.1) is 5.10 Å². The van der Waals surface area contributed by atoms with Gasteiger partial charge in [-0.2, -0.15) is 9.38 Å². The van der Waals surface area contributed by atoms with Gasteiger partial charge < -0.3 is 9.77 Å². The number of carbonyl (C=O) groups excluding carboxylic acids is 1. The van der Waals surface area contributed by atoms with Gasteiger partial charge in [-0.3, -0.25) is 4.79 Å². The van der Waals surface area contributed by atoms with Crippen molar-refractivity contribution in [3.05, 3.63) is 106 Å². The van der Waals surface area contributed by atoms with Crippen LogP contribution in [-0.4, -0.2) is 58.9 Å². The number of imidazole rings is 1. The standard InChI is InChI=1S/C32H36ClN8O3/c1-4-7-12-28-34-31(33)29(30(42)27-18-15-23(20-40(27)43)21-41(44,5-2)6-3)39(28)19-22-13-16-24(17-14-22)25-10-8-9-11-26(25)32-35-37-38-36-32/h8-11,13-18,20,44H,4-7,12,19,21H2,1-3H3,(H,35,36,37,38)/q+1. The molecule has 0 atom stereocenters. The topological polar surface area (TPSA) is 137 Å². The molecule has 3 aromatic heterocycles. The molecule has 3 heterocycles. The maximum absolute atomic E-state index is 13.8. The summed E-state index contributed by atoms with van der Waals surface area (Å²) >= 11 is 6.60. The lowest BCUT2D eigenvalue weighted by Crippen LogP contribution is -2.44. The van der Waals surface area contributed by atoms with E-state index in [1.807, 2.05) is 66.9 Å². The number of H-pyrrole nitrogens is 1. The number of nitrogens with one attached hydrogen (secondary N) is 1. The van der Waals surface area contributed by atoms with Crippen LogP contribution < -0.4 is 4.73 Å². The highest BCUT2D eigenvalue weighted by Crippen LogP contribution is 2.30. The van der Waals surface area contributed by atoms with E-state index < -0.39 is 5.78 Å². The molecule has 0 spiro atoms. The Hall–Kier alpha value is -4.45. The Balaban J connectivity index is 1.46. The number of hydroxylamine groups is 3. The van der Waals surface area contributed by atoms with Crippen molar-refractivity contribution in [2.75, 3.05) is 13.1 Å². The predicted molar refractivity (Wildman–Crippen MR) is 166 cm³/mol. The molecule has 0 aliphatic heterocycles. The maximum atomic E-state index is 13.8. The number of hydrogen-bond donors (Lipinski definition) is 2. The van der Waals surface area contributed by atoms with E-state index in [0.29, 0.717) is 48.0 Å². The number of pyridine rings is 1. The molecule has 0 amide bonds. The third-order valence-electron chi connectivity index (χ3n) is 7.97. The van der Waals surface area contributed by atoms with Gasteiger partial charge in [-0.05, 0) is 53.5 Å². The second-order valence-corrected chi connectivity index (χ2v) is 11.2. The lowest BCUT2D eigenvalue weighted by atomic mass is 9.98. The number of aryl methyl sites for hydroxylation is 1. The number of tetrazole rings is 1. The van der Waals surface area contributed by atoms with E-state index in [0.717, 1.165) is 35.1 Å². The molecule has 0 radical (unpaired) electrons. The quantitative estimate of drug-likeness (QED) is 0.0596. The van der Waals surface area contributed by atoms with Crippen LogP contribution >= 0.6 is 11.6 Å². The monoisotopic (exact) mass is 615 g/mol. The van der Waals surface area contributed by atoms with E-state index >= 15 is 0 Å². The average molecular weight is 616 g/mol. The van der Waals surface area contributed by atoms with Crippen molar-refractivity contribution in [3.63, 3.8) is 0 Å². The molecule has 0 aliphatic carbocycles. The van der Waals surface area contributed by atoms with Crippen LogP contribution in [0.2, 0.25) is 5.15 Å². The molecule has 0 saturated heterocycles. The molecule has 12 heteroatoms. The molecule has 44 heavy (non-hydrogen) atoms. The van der Waals surface area contributed by atoms with Crippen LogP contribution in [0.1, 0.15) is 66.7 Å². The fraction of sp³-hybridized carbons (Fsp3) is 0.312. The smallest absolute Gasteiger partial charge is 0.277 e. The molecule has 0 unspecified atom stereocenters. The number of aromatic nitrogens is 7. The number of hydrogen-bond acceptors (Lipinski definition) is 7. The van der Waals surface area contributed by atoms with Crippen LogP contribution in [-0.2, 0) is 19.5 Å². The molecule has 5 rings (SSSR count). The first-order valence-corrected chi connectivity index (χ1v) is 15.2. The minimum atomic E-state index is -0.506. The van der Waals surface area contributed by atoms with Crippen molar-refractivity contribution >= 4 is 17.4 Å². The minimum Gasteiger partial charge on any atom is -0.618 e. The van der Waals surface area contributed by atoms with E-state index in [1.165, 1.54) is 12.3 Å². The van der Waals surface area contributed by atoms with E-state index in [1.54, 1.807) is 6.07 Å². The Bertz CT molecular complexity index is 1730. The van der Waals surface area contributed by atoms with Gasteiger partial charge >= 0.3 is 0 Å². The Morgan fingerprint density at radius 2 is 1.73 bits per heavy atom. The minimum absolute atomic E-state index is 0.0586. The largest absolute Gasteiger partial charge is 0.618 e. The van der Waals surface area contributed by atoms with Crippen molar-refractivity contribution < 1.29 is 19.4 Å². The summed E-state index contributed by atoms with van der Waals surface area (Å²) in [6, 6.07) is 19.1. The summed E-state index contributed by atoms with van der Waals surface area (Å²) in [6.07, 6.45) is 3.81. The van der Waals surface area contributed by atoms with Crippen LogP contribution in [0.3, 0.4) is 0 Å². The van der Waals surface area contributed by atoms with Gasteiger partial charge in [0.2, 0.25) is 0 Å². The third kappa shape index (κ3) is 6.54. The Morgan fingerprint density at radius 3 is 2.36 bits per heavy atom. The first-order valence-electron chi connectivity index (χ1n) is 14.8. The summed E-state index contributed by atoms with van der Waals surface area (Å²) in [5.74, 6) is 0.763. The molecular weight excluding hydrogens is 580 g/mol. The molecule has 0 fully saturated rings. The normalized spacial score (nSPS) is 11.7. The van der Waals surface area contributed by atoms with Crippen molar-refractivity contribution in [2.45, 2.75) is 53.1 Å². The SMILES string of the molecule is CCCCc1nc(Cl)c(C(=O)c2ccc(C[N+](O)(CC)CC)c[n+]2[O-])n1Cc1ccc(-c2ccccc2-c2nnn[nH]2)cc1. The van der Waals surface area contributed by atoms with Crippen LogP contribution in [0.4, 0.5) is 0 Å². The first kappa shape index (κ1) is 31.0. The summed E-state index contributed by atoms with van der Waals surface area (Å²) in [4.78, 5) is 18.4. The van der Waals surface area contributed by atoms with Gasteiger partial charge in [0.15, 0.2) is 17.2 Å². The van der Waals surface area contributed by atoms with Crippen molar-refractivity contribution in [2.24, 2.45) is 0 Å². The fourth-order valence-corrected chi connectivity index (χ4v) is 5.55. The number of ketones is 1. The van der Waals surface area contributed by atoms with Crippen LogP contribution in [0, 0.1) is 5.21 Å². The number of benzene rings is 2. The number of quaternary nitrogens is 1. The van der Waals surface area contributed by atoms with Gasteiger partial charge in [0.1, 0.15) is 31.2 Å². The van der Waals surface area contributed by atoms with Crippen LogP contribution in [0.15, 0.2) is 66.9 Å². The summed E-state index contributed by atoms with van der Waals surface area (Å²) in [5, 5.41) is 38.1. The van der Waals surface area contributed by atoms with E-state index in [4.69, 9.17) is 11.6 Å². The molecule has 2 aromatic carbocycles. The highest BCUT2D eigenvalue weighted by Gasteiger charge is 2.29. The lowest BCUT2D eigenvalue weighted by molar-refractivity contribution is -1.11. The number of nitrogens with zero attached hydrogens (tertiary/aromatic N) is 7. The molecule has 2 N–H and O–H groups in total. The van der Waals surface area contributed by atoms with Gasteiger partial charge in [0, 0.05) is 24.6 Å². The van der Waals surface area contributed by atoms with E-state index in [2.05, 4.69) is 32.5 Å². The van der Waals surface area contributed by atoms with Gasteiger partial charge in [0.05, 0.1) is 5.56 Å². The molecule has 0 saturated carbocycles. The molecule has 11 nitrogen and oxygen atoms in total. The number of halogens is 1. The molecule has 0 bridgehead atoms. The Labute approximate surface area is 260 Å². The van der Waals surface area contributed by atoms with Gasteiger partial charge in [0.25, 0.3) is 11.5 Å². The van der Waals surface area contributed by atoms with Gasteiger partial charge in [-0.1, -0.05) is 73.5 Å². The van der Waals surface area contributed by atoms with Crippen molar-refractivity contribution in [1.29, 1.82) is 0 Å². The third-order valence-corrected chi connectivity index (χ3v) is 8.23. The Morgan fingerprint density at radius 1 is 1.02 bits per heavy atom. The number of unbranched alkanes of at least 4 members (excludes halogenated alkanes) is 1. The molecule has 5 aromatic rings. The summed E-state index contributed by atoms with van der Waals surface area (Å²) in [6.45, 7) is 7.46.